The second kappa shape index (κ2) is 5.93. The molecular weight excluding hydrogens is 273 g/mol. The summed E-state index contributed by atoms with van der Waals surface area (Å²) in [6.07, 6.45) is -6.63. The van der Waals surface area contributed by atoms with Crippen molar-refractivity contribution in [1.82, 2.24) is 0 Å². The van der Waals surface area contributed by atoms with E-state index >= 15 is 0 Å². The van der Waals surface area contributed by atoms with Gasteiger partial charge in [-0.05, 0) is 5.53 Å². The molecule has 5 atom stereocenters. The van der Waals surface area contributed by atoms with E-state index in [4.69, 9.17) is 25.2 Å². The van der Waals surface area contributed by atoms with Crippen LogP contribution in [-0.2, 0) is 13.8 Å². The van der Waals surface area contributed by atoms with Gasteiger partial charge in [0.1, 0.15) is 6.10 Å². The quantitative estimate of drug-likeness (QED) is 0.173. The lowest BCUT2D eigenvalue weighted by molar-refractivity contribution is -0.251. The Kier molecular flexibility index (Phi) is 5.05. The number of ether oxygens (including phenoxy) is 1. The second-order valence-electron chi connectivity index (χ2n) is 3.50. The highest BCUT2D eigenvalue weighted by molar-refractivity contribution is 7.46. The first-order valence-corrected chi connectivity index (χ1v) is 6.23. The van der Waals surface area contributed by atoms with Gasteiger partial charge >= 0.3 is 7.82 Å². The third-order valence-electron chi connectivity index (χ3n) is 2.27. The number of phosphoric ester groups is 1. The van der Waals surface area contributed by atoms with Gasteiger partial charge < -0.3 is 29.8 Å². The summed E-state index contributed by atoms with van der Waals surface area (Å²) in [5.41, 5.74) is 8.26. The summed E-state index contributed by atoms with van der Waals surface area (Å²) in [7, 11) is -4.95. The highest BCUT2D eigenvalue weighted by atomic mass is 31.2. The number of nitrogens with zero attached hydrogens (tertiary/aromatic N) is 3. The van der Waals surface area contributed by atoms with Gasteiger partial charge in [-0.2, -0.15) is 0 Å². The van der Waals surface area contributed by atoms with Crippen LogP contribution in [0.1, 0.15) is 0 Å². The third-order valence-corrected chi connectivity index (χ3v) is 2.76. The summed E-state index contributed by atoms with van der Waals surface area (Å²) in [5.74, 6) is 0. The molecule has 1 saturated heterocycles. The highest BCUT2D eigenvalue weighted by Crippen LogP contribution is 2.40. The Morgan fingerprint density at radius 3 is 2.44 bits per heavy atom. The Labute approximate surface area is 100 Å². The number of hydrogen-bond donors (Lipinski definition) is 5. The lowest BCUT2D eigenvalue weighted by Crippen LogP contribution is -2.58. The van der Waals surface area contributed by atoms with Crippen molar-refractivity contribution in [2.24, 2.45) is 5.11 Å². The molecule has 0 aromatic rings. The smallest absolute Gasteiger partial charge is 0.394 e. The SMILES string of the molecule is [N-]=[N+]=N[C@H]1[C@H](O)[C@@H](O)[C@@H](OP(=O)(O)O)O[C@@H]1CO. The Morgan fingerprint density at radius 2 is 2.00 bits per heavy atom. The molecule has 0 unspecified atom stereocenters. The predicted molar refractivity (Wildman–Crippen MR) is 53.8 cm³/mol. The minimum Gasteiger partial charge on any atom is -0.394 e. The maximum Gasteiger partial charge on any atom is 0.472 e. The standard InChI is InChI=1S/C6H12N3O8P/c7-9-8-3-2(1-10)16-6(5(12)4(3)11)17-18(13,14)15/h2-6,10-12H,1H2,(H2,13,14,15)/t2-,3-,4+,5-,6-/m1/s1. The molecule has 1 heterocycles. The van der Waals surface area contributed by atoms with Gasteiger partial charge in [-0.3, -0.25) is 4.52 Å². The van der Waals surface area contributed by atoms with Crippen LogP contribution in [0, 0.1) is 0 Å². The zero-order valence-corrected chi connectivity index (χ0v) is 9.74. The third kappa shape index (κ3) is 3.62. The lowest BCUT2D eigenvalue weighted by atomic mass is 9.97. The van der Waals surface area contributed by atoms with Crippen LogP contribution < -0.4 is 0 Å². The number of hydrogen-bond acceptors (Lipinski definition) is 7. The fraction of sp³-hybridized carbons (Fsp3) is 1.00. The molecule has 0 amide bonds. The van der Waals surface area contributed by atoms with Crippen LogP contribution in [0.2, 0.25) is 0 Å². The summed E-state index contributed by atoms with van der Waals surface area (Å²) < 4.78 is 19.5. The Bertz CT molecular complexity index is 379. The van der Waals surface area contributed by atoms with Crippen molar-refractivity contribution in [2.45, 2.75) is 30.6 Å². The fourth-order valence-electron chi connectivity index (χ4n) is 1.49. The molecule has 0 spiro atoms. The first-order chi connectivity index (χ1) is 8.30. The molecule has 18 heavy (non-hydrogen) atoms. The maximum atomic E-state index is 10.6. The van der Waals surface area contributed by atoms with Crippen LogP contribution in [0.25, 0.3) is 10.4 Å². The molecule has 1 aliphatic heterocycles. The van der Waals surface area contributed by atoms with Crippen LogP contribution in [0.5, 0.6) is 0 Å². The molecule has 0 aromatic heterocycles. The number of aliphatic hydroxyl groups is 3. The summed E-state index contributed by atoms with van der Waals surface area (Å²) in [6.45, 7) is -0.700. The topological polar surface area (TPSA) is 185 Å². The van der Waals surface area contributed by atoms with Gasteiger partial charge in [-0.1, -0.05) is 5.11 Å². The molecule has 0 bridgehead atoms. The fourth-order valence-corrected chi connectivity index (χ4v) is 1.94. The van der Waals surface area contributed by atoms with Crippen molar-refractivity contribution in [3.8, 4) is 0 Å². The van der Waals surface area contributed by atoms with Crippen molar-refractivity contribution in [1.29, 1.82) is 0 Å². The van der Waals surface area contributed by atoms with E-state index < -0.39 is 45.1 Å². The van der Waals surface area contributed by atoms with Crippen molar-refractivity contribution >= 4 is 7.82 Å². The van der Waals surface area contributed by atoms with Gasteiger partial charge in [0.15, 0.2) is 6.29 Å². The summed E-state index contributed by atoms with van der Waals surface area (Å²) >= 11 is 0. The van der Waals surface area contributed by atoms with Crippen LogP contribution in [0.3, 0.4) is 0 Å². The normalized spacial score (nSPS) is 37.1. The Balaban J connectivity index is 2.89. The zero-order chi connectivity index (χ0) is 13.9. The van der Waals surface area contributed by atoms with Crippen LogP contribution in [0.15, 0.2) is 5.11 Å². The molecule has 0 aliphatic carbocycles. The van der Waals surface area contributed by atoms with E-state index in [1.165, 1.54) is 0 Å². The van der Waals surface area contributed by atoms with E-state index in [0.29, 0.717) is 0 Å². The number of azide groups is 1. The molecule has 1 fully saturated rings. The predicted octanol–water partition coefficient (Wildman–Crippen LogP) is -1.79. The number of rotatable bonds is 4. The summed E-state index contributed by atoms with van der Waals surface area (Å²) in [6, 6.07) is -1.30. The van der Waals surface area contributed by atoms with Gasteiger partial charge in [0.05, 0.1) is 24.9 Å². The van der Waals surface area contributed by atoms with Crippen LogP contribution in [-0.4, -0.2) is 62.4 Å². The minimum absolute atomic E-state index is 0.700. The summed E-state index contributed by atoms with van der Waals surface area (Å²) in [4.78, 5) is 19.6. The van der Waals surface area contributed by atoms with Crippen molar-refractivity contribution in [2.75, 3.05) is 6.61 Å². The molecule has 104 valence electrons. The summed E-state index contributed by atoms with van der Waals surface area (Å²) in [5, 5.41) is 31.2. The van der Waals surface area contributed by atoms with E-state index in [1.807, 2.05) is 0 Å². The molecule has 1 rings (SSSR count). The van der Waals surface area contributed by atoms with E-state index in [-0.39, 0.29) is 0 Å². The molecule has 0 saturated carbocycles. The van der Waals surface area contributed by atoms with Crippen molar-refractivity contribution < 1.29 is 38.9 Å². The minimum atomic E-state index is -4.95. The lowest BCUT2D eigenvalue weighted by Gasteiger charge is -2.39. The first kappa shape index (κ1) is 15.3. The van der Waals surface area contributed by atoms with E-state index in [9.17, 15) is 14.8 Å². The average Bonchev–Trinajstić information content (AvgIpc) is 2.27. The van der Waals surface area contributed by atoms with E-state index in [1.54, 1.807) is 0 Å². The maximum absolute atomic E-state index is 10.6. The van der Waals surface area contributed by atoms with Crippen molar-refractivity contribution in [3.63, 3.8) is 0 Å². The second-order valence-corrected chi connectivity index (χ2v) is 4.69. The number of aliphatic hydroxyl groups excluding tert-OH is 3. The van der Waals surface area contributed by atoms with Crippen LogP contribution in [0.4, 0.5) is 0 Å². The average molecular weight is 285 g/mol. The van der Waals surface area contributed by atoms with Crippen LogP contribution >= 0.6 is 7.82 Å². The van der Waals surface area contributed by atoms with Gasteiger partial charge in [-0.15, -0.1) is 0 Å². The molecule has 1 aliphatic rings. The highest BCUT2D eigenvalue weighted by Gasteiger charge is 2.46. The Morgan fingerprint density at radius 1 is 1.39 bits per heavy atom. The molecular formula is C6H12N3O8P. The van der Waals surface area contributed by atoms with Gasteiger partial charge in [0.25, 0.3) is 0 Å². The van der Waals surface area contributed by atoms with Gasteiger partial charge in [0, 0.05) is 4.91 Å². The largest absolute Gasteiger partial charge is 0.472 e. The molecule has 11 nitrogen and oxygen atoms in total. The van der Waals surface area contributed by atoms with E-state index in [2.05, 4.69) is 14.5 Å². The molecule has 12 heteroatoms. The Hall–Kier alpha value is -0.740. The van der Waals surface area contributed by atoms with Crippen molar-refractivity contribution in [3.05, 3.63) is 10.4 Å². The number of phosphoric acid groups is 1. The zero-order valence-electron chi connectivity index (χ0n) is 8.84. The molecule has 0 aromatic carbocycles. The van der Waals surface area contributed by atoms with Gasteiger partial charge in [-0.25, -0.2) is 4.57 Å². The monoisotopic (exact) mass is 285 g/mol. The molecule has 0 radical (unpaired) electrons. The molecule has 5 N–H and O–H groups in total. The van der Waals surface area contributed by atoms with Gasteiger partial charge in [0.2, 0.25) is 0 Å². The van der Waals surface area contributed by atoms with E-state index in [0.717, 1.165) is 0 Å². The first-order valence-electron chi connectivity index (χ1n) is 4.70.